The lowest BCUT2D eigenvalue weighted by atomic mass is 10.1. The predicted molar refractivity (Wildman–Crippen MR) is 100 cm³/mol. The summed E-state index contributed by atoms with van der Waals surface area (Å²) in [5.74, 6) is 1.35. The highest BCUT2D eigenvalue weighted by Gasteiger charge is 2.26. The van der Waals surface area contributed by atoms with Gasteiger partial charge in [-0.1, -0.05) is 13.8 Å². The number of nitrogens with one attached hydrogen (secondary N) is 1. The molecule has 0 saturated carbocycles. The Morgan fingerprint density at radius 1 is 1.23 bits per heavy atom. The maximum atomic E-state index is 12.4. The molecule has 0 atom stereocenters. The van der Waals surface area contributed by atoms with Gasteiger partial charge in [-0.3, -0.25) is 9.59 Å². The third-order valence-electron chi connectivity index (χ3n) is 4.06. The van der Waals surface area contributed by atoms with Crippen molar-refractivity contribution in [2.75, 3.05) is 30.5 Å². The van der Waals surface area contributed by atoms with Gasteiger partial charge in [-0.15, -0.1) is 0 Å². The van der Waals surface area contributed by atoms with E-state index in [-0.39, 0.29) is 18.4 Å². The molecule has 0 saturated heterocycles. The topological polar surface area (TPSA) is 67.9 Å². The summed E-state index contributed by atoms with van der Waals surface area (Å²) in [7, 11) is 1.58. The summed E-state index contributed by atoms with van der Waals surface area (Å²) >= 11 is 0. The van der Waals surface area contributed by atoms with E-state index in [0.717, 1.165) is 0 Å². The molecule has 1 N–H and O–H groups in total. The van der Waals surface area contributed by atoms with Gasteiger partial charge in [0.05, 0.1) is 12.8 Å². The Kier molecular flexibility index (Phi) is 5.11. The Bertz CT molecular complexity index is 815. The highest BCUT2D eigenvalue weighted by molar-refractivity contribution is 6.05. The number of ether oxygens (including phenoxy) is 2. The SMILES string of the molecule is COc1ccc(C(=O)Nc2ccc3c(c2)N(CC(C)C)C(=O)CO3)cc1. The fourth-order valence-corrected chi connectivity index (χ4v) is 2.79. The molecule has 0 aliphatic carbocycles. The fraction of sp³-hybridized carbons (Fsp3) is 0.300. The van der Waals surface area contributed by atoms with Crippen LogP contribution in [-0.2, 0) is 4.79 Å². The average Bonchev–Trinajstić information content (AvgIpc) is 2.64. The van der Waals surface area contributed by atoms with Crippen molar-refractivity contribution in [2.24, 2.45) is 5.92 Å². The van der Waals surface area contributed by atoms with Crippen molar-refractivity contribution in [1.82, 2.24) is 0 Å². The molecule has 6 heteroatoms. The van der Waals surface area contributed by atoms with Crippen LogP contribution in [0.1, 0.15) is 24.2 Å². The predicted octanol–water partition coefficient (Wildman–Crippen LogP) is 3.33. The van der Waals surface area contributed by atoms with Crippen molar-refractivity contribution in [3.63, 3.8) is 0 Å². The second-order valence-electron chi connectivity index (χ2n) is 6.55. The Hall–Kier alpha value is -3.02. The first kappa shape index (κ1) is 17.8. The maximum Gasteiger partial charge on any atom is 0.265 e. The second kappa shape index (κ2) is 7.47. The monoisotopic (exact) mass is 354 g/mol. The number of benzene rings is 2. The van der Waals surface area contributed by atoms with Gasteiger partial charge in [-0.2, -0.15) is 0 Å². The van der Waals surface area contributed by atoms with Crippen LogP contribution in [0.3, 0.4) is 0 Å². The van der Waals surface area contributed by atoms with Gasteiger partial charge in [-0.05, 0) is 48.4 Å². The van der Waals surface area contributed by atoms with Gasteiger partial charge >= 0.3 is 0 Å². The molecule has 0 unspecified atom stereocenters. The summed E-state index contributed by atoms with van der Waals surface area (Å²) in [4.78, 5) is 26.4. The molecule has 136 valence electrons. The minimum Gasteiger partial charge on any atom is -0.497 e. The highest BCUT2D eigenvalue weighted by atomic mass is 16.5. The quantitative estimate of drug-likeness (QED) is 0.894. The Morgan fingerprint density at radius 3 is 2.62 bits per heavy atom. The van der Waals surface area contributed by atoms with E-state index in [0.29, 0.717) is 40.9 Å². The van der Waals surface area contributed by atoms with Crippen molar-refractivity contribution in [1.29, 1.82) is 0 Å². The summed E-state index contributed by atoms with van der Waals surface area (Å²) in [5.41, 5.74) is 1.81. The molecule has 0 radical (unpaired) electrons. The van der Waals surface area contributed by atoms with Gasteiger partial charge in [-0.25, -0.2) is 0 Å². The number of fused-ring (bicyclic) bond motifs is 1. The molecule has 0 fully saturated rings. The molecule has 0 spiro atoms. The standard InChI is InChI=1S/C20H22N2O4/c1-13(2)11-22-17-10-15(6-9-18(17)26-12-19(22)23)21-20(24)14-4-7-16(25-3)8-5-14/h4-10,13H,11-12H2,1-3H3,(H,21,24). The molecule has 0 aromatic heterocycles. The minimum absolute atomic E-state index is 0.0390. The number of methoxy groups -OCH3 is 1. The Morgan fingerprint density at radius 2 is 1.96 bits per heavy atom. The van der Waals surface area contributed by atoms with Gasteiger partial charge in [0, 0.05) is 17.8 Å². The van der Waals surface area contributed by atoms with Crippen LogP contribution in [-0.4, -0.2) is 32.1 Å². The third-order valence-corrected chi connectivity index (χ3v) is 4.06. The van der Waals surface area contributed by atoms with E-state index in [4.69, 9.17) is 9.47 Å². The van der Waals surface area contributed by atoms with Crippen LogP contribution in [0.15, 0.2) is 42.5 Å². The summed E-state index contributed by atoms with van der Waals surface area (Å²) in [6.45, 7) is 4.75. The first-order valence-corrected chi connectivity index (χ1v) is 8.50. The molecular weight excluding hydrogens is 332 g/mol. The van der Waals surface area contributed by atoms with E-state index in [9.17, 15) is 9.59 Å². The molecule has 1 heterocycles. The van der Waals surface area contributed by atoms with Crippen molar-refractivity contribution in [2.45, 2.75) is 13.8 Å². The minimum atomic E-state index is -0.230. The molecule has 1 aliphatic heterocycles. The first-order chi connectivity index (χ1) is 12.5. The summed E-state index contributed by atoms with van der Waals surface area (Å²) < 4.78 is 10.6. The lowest BCUT2D eigenvalue weighted by molar-refractivity contribution is -0.121. The van der Waals surface area contributed by atoms with E-state index in [1.165, 1.54) is 0 Å². The molecule has 0 bridgehead atoms. The van der Waals surface area contributed by atoms with E-state index in [2.05, 4.69) is 19.2 Å². The van der Waals surface area contributed by atoms with E-state index in [1.54, 1.807) is 54.5 Å². The molecule has 3 rings (SSSR count). The third kappa shape index (κ3) is 3.79. The number of nitrogens with zero attached hydrogens (tertiary/aromatic N) is 1. The summed E-state index contributed by atoms with van der Waals surface area (Å²) in [6.07, 6.45) is 0. The normalized spacial score (nSPS) is 13.2. The number of rotatable bonds is 5. The number of carbonyl (C=O) groups is 2. The molecule has 2 amide bonds. The average molecular weight is 354 g/mol. The highest BCUT2D eigenvalue weighted by Crippen LogP contribution is 2.35. The molecule has 6 nitrogen and oxygen atoms in total. The van der Waals surface area contributed by atoms with Gasteiger partial charge in [0.25, 0.3) is 11.8 Å². The van der Waals surface area contributed by atoms with Crippen molar-refractivity contribution >= 4 is 23.2 Å². The van der Waals surface area contributed by atoms with Gasteiger partial charge < -0.3 is 19.7 Å². The van der Waals surface area contributed by atoms with Crippen LogP contribution in [0.25, 0.3) is 0 Å². The van der Waals surface area contributed by atoms with Crippen LogP contribution in [0.2, 0.25) is 0 Å². The van der Waals surface area contributed by atoms with Crippen LogP contribution < -0.4 is 19.7 Å². The first-order valence-electron chi connectivity index (χ1n) is 8.50. The largest absolute Gasteiger partial charge is 0.497 e. The number of amides is 2. The van der Waals surface area contributed by atoms with Crippen LogP contribution in [0, 0.1) is 5.92 Å². The van der Waals surface area contributed by atoms with Crippen LogP contribution in [0.5, 0.6) is 11.5 Å². The molecule has 1 aliphatic rings. The van der Waals surface area contributed by atoms with Crippen molar-refractivity contribution < 1.29 is 19.1 Å². The smallest absolute Gasteiger partial charge is 0.265 e. The zero-order valence-corrected chi connectivity index (χ0v) is 15.1. The molecule has 2 aromatic carbocycles. The van der Waals surface area contributed by atoms with Gasteiger partial charge in [0.1, 0.15) is 11.5 Å². The second-order valence-corrected chi connectivity index (χ2v) is 6.55. The van der Waals surface area contributed by atoms with E-state index >= 15 is 0 Å². The van der Waals surface area contributed by atoms with Gasteiger partial charge in [0.15, 0.2) is 6.61 Å². The van der Waals surface area contributed by atoms with Crippen LogP contribution in [0.4, 0.5) is 11.4 Å². The van der Waals surface area contributed by atoms with Crippen molar-refractivity contribution in [3.05, 3.63) is 48.0 Å². The number of hydrogen-bond acceptors (Lipinski definition) is 4. The number of hydrogen-bond donors (Lipinski definition) is 1. The van der Waals surface area contributed by atoms with Crippen molar-refractivity contribution in [3.8, 4) is 11.5 Å². The lowest BCUT2D eigenvalue weighted by Gasteiger charge is -2.31. The van der Waals surface area contributed by atoms with Gasteiger partial charge in [0.2, 0.25) is 0 Å². The maximum absolute atomic E-state index is 12.4. The van der Waals surface area contributed by atoms with E-state index < -0.39 is 0 Å². The zero-order chi connectivity index (χ0) is 18.7. The fourth-order valence-electron chi connectivity index (χ4n) is 2.79. The molecular formula is C20H22N2O4. The Labute approximate surface area is 152 Å². The molecule has 2 aromatic rings. The zero-order valence-electron chi connectivity index (χ0n) is 15.1. The Balaban J connectivity index is 1.82. The summed E-state index contributed by atoms with van der Waals surface area (Å²) in [6, 6.07) is 12.2. The van der Waals surface area contributed by atoms with E-state index in [1.807, 2.05) is 0 Å². The number of anilines is 2. The summed E-state index contributed by atoms with van der Waals surface area (Å²) in [5, 5.41) is 2.86. The molecule has 26 heavy (non-hydrogen) atoms. The lowest BCUT2D eigenvalue weighted by Crippen LogP contribution is -2.41. The van der Waals surface area contributed by atoms with Crippen LogP contribution >= 0.6 is 0 Å². The number of carbonyl (C=O) groups excluding carboxylic acids is 2.